The molecule has 1 aliphatic rings. The molecule has 1 amide bonds. The van der Waals surface area contributed by atoms with Crippen LogP contribution in [-0.4, -0.2) is 71.3 Å². The first-order valence-corrected chi connectivity index (χ1v) is 10.3. The molecule has 1 unspecified atom stereocenters. The van der Waals surface area contributed by atoms with Gasteiger partial charge < -0.3 is 19.1 Å². The van der Waals surface area contributed by atoms with Crippen molar-refractivity contribution in [2.45, 2.75) is 25.8 Å². The Morgan fingerprint density at radius 2 is 1.85 bits per heavy atom. The topological polar surface area (TPSA) is 82.1 Å². The van der Waals surface area contributed by atoms with Crippen molar-refractivity contribution >= 4 is 15.7 Å². The van der Waals surface area contributed by atoms with E-state index in [1.54, 1.807) is 32.3 Å². The van der Waals surface area contributed by atoms with Gasteiger partial charge in [-0.15, -0.1) is 0 Å². The van der Waals surface area contributed by atoms with Gasteiger partial charge in [0.15, 0.2) is 21.3 Å². The Balaban J connectivity index is 2.21. The van der Waals surface area contributed by atoms with E-state index in [0.29, 0.717) is 31.1 Å². The lowest BCUT2D eigenvalue weighted by atomic mass is 10.0. The first-order valence-electron chi connectivity index (χ1n) is 8.51. The van der Waals surface area contributed by atoms with E-state index in [4.69, 9.17) is 14.2 Å². The maximum atomic E-state index is 12.9. The number of rotatable bonds is 8. The van der Waals surface area contributed by atoms with Crippen LogP contribution in [0.3, 0.4) is 0 Å². The van der Waals surface area contributed by atoms with Gasteiger partial charge in [0.05, 0.1) is 38.8 Å². The Bertz CT molecular complexity index is 746. The lowest BCUT2D eigenvalue weighted by molar-refractivity contribution is -0.133. The van der Waals surface area contributed by atoms with Crippen LogP contribution in [-0.2, 0) is 25.8 Å². The highest BCUT2D eigenvalue weighted by Crippen LogP contribution is 2.31. The van der Waals surface area contributed by atoms with Crippen LogP contribution in [0.15, 0.2) is 12.1 Å². The van der Waals surface area contributed by atoms with Gasteiger partial charge in [-0.05, 0) is 36.6 Å². The Morgan fingerprint density at radius 3 is 2.38 bits per heavy atom. The van der Waals surface area contributed by atoms with Gasteiger partial charge in [-0.2, -0.15) is 0 Å². The number of ether oxygens (including phenoxy) is 3. The summed E-state index contributed by atoms with van der Waals surface area (Å²) < 4.78 is 39.3. The number of hydrogen-bond donors (Lipinski definition) is 0. The molecule has 1 saturated heterocycles. The highest BCUT2D eigenvalue weighted by atomic mass is 32.2. The third kappa shape index (κ3) is 4.88. The molecule has 0 saturated carbocycles. The Labute approximate surface area is 155 Å². The van der Waals surface area contributed by atoms with Crippen molar-refractivity contribution in [3.05, 3.63) is 23.3 Å². The van der Waals surface area contributed by atoms with E-state index in [-0.39, 0.29) is 29.9 Å². The van der Waals surface area contributed by atoms with Gasteiger partial charge in [0, 0.05) is 19.7 Å². The van der Waals surface area contributed by atoms with E-state index in [9.17, 15) is 13.2 Å². The van der Waals surface area contributed by atoms with Crippen molar-refractivity contribution in [1.82, 2.24) is 4.90 Å². The second kappa shape index (κ2) is 8.73. The molecule has 8 heteroatoms. The number of carbonyl (C=O) groups excluding carboxylic acids is 1. The summed E-state index contributed by atoms with van der Waals surface area (Å²) in [7, 11) is 1.60. The second-order valence-corrected chi connectivity index (χ2v) is 8.68. The summed E-state index contributed by atoms with van der Waals surface area (Å²) in [6.45, 7) is 2.65. The fraction of sp³-hybridized carbons (Fsp3) is 0.611. The van der Waals surface area contributed by atoms with Gasteiger partial charge in [-0.1, -0.05) is 0 Å². The van der Waals surface area contributed by atoms with Gasteiger partial charge in [0.2, 0.25) is 5.91 Å². The van der Waals surface area contributed by atoms with Gasteiger partial charge >= 0.3 is 0 Å². The predicted octanol–water partition coefficient (Wildman–Crippen LogP) is 1.22. The molecule has 7 nitrogen and oxygen atoms in total. The smallest absolute Gasteiger partial charge is 0.227 e. The third-order valence-corrected chi connectivity index (χ3v) is 6.44. The third-order valence-electron chi connectivity index (χ3n) is 4.69. The number of aryl methyl sites for hydroxylation is 1. The zero-order valence-corrected chi connectivity index (χ0v) is 16.6. The number of nitrogens with zero attached hydrogens (tertiary/aromatic N) is 1. The second-order valence-electron chi connectivity index (χ2n) is 6.45. The SMILES string of the molecule is COCCN(C(=O)Cc1cc(OC)c(OC)cc1C)C1CCS(=O)(=O)C1. The average Bonchev–Trinajstić information content (AvgIpc) is 2.96. The van der Waals surface area contributed by atoms with Crippen LogP contribution in [0.4, 0.5) is 0 Å². The van der Waals surface area contributed by atoms with E-state index in [1.807, 2.05) is 13.0 Å². The van der Waals surface area contributed by atoms with Crippen molar-refractivity contribution in [2.24, 2.45) is 0 Å². The molecule has 1 aliphatic heterocycles. The van der Waals surface area contributed by atoms with Crippen LogP contribution in [0.2, 0.25) is 0 Å². The van der Waals surface area contributed by atoms with E-state index >= 15 is 0 Å². The Morgan fingerprint density at radius 1 is 1.19 bits per heavy atom. The van der Waals surface area contributed by atoms with Crippen molar-refractivity contribution in [3.63, 3.8) is 0 Å². The highest BCUT2D eigenvalue weighted by Gasteiger charge is 2.34. The molecular weight excluding hydrogens is 358 g/mol. The summed E-state index contributed by atoms with van der Waals surface area (Å²) in [4.78, 5) is 14.6. The molecule has 1 atom stereocenters. The summed E-state index contributed by atoms with van der Waals surface area (Å²) in [5.41, 5.74) is 1.75. The fourth-order valence-corrected chi connectivity index (χ4v) is 4.93. The van der Waals surface area contributed by atoms with Crippen LogP contribution in [0, 0.1) is 6.92 Å². The summed E-state index contributed by atoms with van der Waals surface area (Å²) in [5.74, 6) is 1.21. The molecule has 0 radical (unpaired) electrons. The summed E-state index contributed by atoms with van der Waals surface area (Å²) in [6.07, 6.45) is 0.648. The number of carbonyl (C=O) groups is 1. The number of benzene rings is 1. The summed E-state index contributed by atoms with van der Waals surface area (Å²) in [5, 5.41) is 0. The van der Waals surface area contributed by atoms with Gasteiger partial charge in [-0.25, -0.2) is 8.42 Å². The van der Waals surface area contributed by atoms with Crippen molar-refractivity contribution in [2.75, 3.05) is 46.0 Å². The van der Waals surface area contributed by atoms with Crippen LogP contribution in [0.1, 0.15) is 17.5 Å². The van der Waals surface area contributed by atoms with Crippen molar-refractivity contribution in [1.29, 1.82) is 0 Å². The minimum Gasteiger partial charge on any atom is -0.493 e. The van der Waals surface area contributed by atoms with E-state index in [1.165, 1.54) is 0 Å². The summed E-state index contributed by atoms with van der Waals surface area (Å²) in [6, 6.07) is 3.34. The average molecular weight is 385 g/mol. The van der Waals surface area contributed by atoms with Gasteiger partial charge in [-0.3, -0.25) is 4.79 Å². The molecular formula is C18H27NO6S. The number of amides is 1. The minimum absolute atomic E-state index is 0.0212. The maximum absolute atomic E-state index is 12.9. The van der Waals surface area contributed by atoms with Gasteiger partial charge in [0.25, 0.3) is 0 Å². The number of hydrogen-bond acceptors (Lipinski definition) is 6. The molecule has 0 aliphatic carbocycles. The summed E-state index contributed by atoms with van der Waals surface area (Å²) >= 11 is 0. The molecule has 146 valence electrons. The molecule has 0 spiro atoms. The molecule has 1 aromatic rings. The van der Waals surface area contributed by atoms with E-state index < -0.39 is 9.84 Å². The molecule has 26 heavy (non-hydrogen) atoms. The minimum atomic E-state index is -3.07. The molecule has 0 N–H and O–H groups in total. The van der Waals surface area contributed by atoms with Crippen LogP contribution in [0.25, 0.3) is 0 Å². The molecule has 1 heterocycles. The maximum Gasteiger partial charge on any atom is 0.227 e. The number of sulfone groups is 1. The quantitative estimate of drug-likeness (QED) is 0.669. The predicted molar refractivity (Wildman–Crippen MR) is 98.6 cm³/mol. The van der Waals surface area contributed by atoms with Crippen LogP contribution < -0.4 is 9.47 Å². The van der Waals surface area contributed by atoms with Gasteiger partial charge in [0.1, 0.15) is 0 Å². The van der Waals surface area contributed by atoms with E-state index in [2.05, 4.69) is 0 Å². The molecule has 1 aromatic carbocycles. The Hall–Kier alpha value is -1.80. The Kier molecular flexibility index (Phi) is 6.88. The largest absolute Gasteiger partial charge is 0.493 e. The molecule has 0 bridgehead atoms. The zero-order chi connectivity index (χ0) is 19.3. The van der Waals surface area contributed by atoms with E-state index in [0.717, 1.165) is 11.1 Å². The highest BCUT2D eigenvalue weighted by molar-refractivity contribution is 7.91. The lowest BCUT2D eigenvalue weighted by Gasteiger charge is -2.28. The fourth-order valence-electron chi connectivity index (χ4n) is 3.20. The van der Waals surface area contributed by atoms with Crippen molar-refractivity contribution < 1.29 is 27.4 Å². The van der Waals surface area contributed by atoms with Crippen LogP contribution >= 0.6 is 0 Å². The van der Waals surface area contributed by atoms with Crippen molar-refractivity contribution in [3.8, 4) is 11.5 Å². The molecule has 2 rings (SSSR count). The standard InChI is InChI=1S/C18H27NO6S/c1-13-9-16(24-3)17(25-4)10-14(13)11-18(20)19(6-7-23-2)15-5-8-26(21,22)12-15/h9-10,15H,5-8,11-12H2,1-4H3. The molecule has 1 fully saturated rings. The van der Waals surface area contributed by atoms with Crippen LogP contribution in [0.5, 0.6) is 11.5 Å². The lowest BCUT2D eigenvalue weighted by Crippen LogP contribution is -2.43. The normalized spacial score (nSPS) is 18.5. The first kappa shape index (κ1) is 20.5. The monoisotopic (exact) mass is 385 g/mol. The zero-order valence-electron chi connectivity index (χ0n) is 15.8. The first-order chi connectivity index (χ1) is 12.3. The number of methoxy groups -OCH3 is 3. The molecule has 0 aromatic heterocycles.